The smallest absolute Gasteiger partial charge is 0.204 e. The highest BCUT2D eigenvalue weighted by molar-refractivity contribution is 5.64. The molecule has 0 saturated carbocycles. The Morgan fingerprint density at radius 2 is 1.94 bits per heavy atom. The molecule has 1 aromatic rings. The van der Waals surface area contributed by atoms with Crippen LogP contribution in [0.5, 0.6) is 23.0 Å². The number of benzene rings is 1. The van der Waals surface area contributed by atoms with Crippen molar-refractivity contribution in [3.05, 3.63) is 11.6 Å². The number of ether oxygens (including phenoxy) is 3. The number of hydrogen-bond donors (Lipinski definition) is 2. The first-order valence-corrected chi connectivity index (χ1v) is 5.27. The molecule has 1 aliphatic heterocycles. The molecule has 1 heterocycles. The van der Waals surface area contributed by atoms with Gasteiger partial charge in [-0.15, -0.1) is 0 Å². The van der Waals surface area contributed by atoms with E-state index in [4.69, 9.17) is 14.2 Å². The summed E-state index contributed by atoms with van der Waals surface area (Å²) >= 11 is 0. The van der Waals surface area contributed by atoms with Gasteiger partial charge < -0.3 is 24.4 Å². The van der Waals surface area contributed by atoms with Crippen molar-refractivity contribution >= 4 is 0 Å². The average molecular weight is 240 g/mol. The van der Waals surface area contributed by atoms with Crippen LogP contribution in [0.25, 0.3) is 0 Å². The van der Waals surface area contributed by atoms with Gasteiger partial charge >= 0.3 is 0 Å². The lowest BCUT2D eigenvalue weighted by Crippen LogP contribution is -2.29. The number of phenolic OH excluding ortho intramolecular Hbond substituents is 1. The average Bonchev–Trinajstić information content (AvgIpc) is 2.50. The van der Waals surface area contributed by atoms with Crippen molar-refractivity contribution in [2.24, 2.45) is 0 Å². The fraction of sp³-hybridized carbons (Fsp3) is 0.500. The Kier molecular flexibility index (Phi) is 2.58. The Bertz CT molecular complexity index is 453. The first-order valence-electron chi connectivity index (χ1n) is 5.27. The van der Waals surface area contributed by atoms with Crippen LogP contribution in [0, 0.1) is 0 Å². The summed E-state index contributed by atoms with van der Waals surface area (Å²) in [5.74, 6) is 1.02. The lowest BCUT2D eigenvalue weighted by atomic mass is 9.97. The topological polar surface area (TPSA) is 68.2 Å². The van der Waals surface area contributed by atoms with Gasteiger partial charge in [0.2, 0.25) is 5.75 Å². The molecule has 17 heavy (non-hydrogen) atoms. The van der Waals surface area contributed by atoms with Crippen molar-refractivity contribution in [2.75, 3.05) is 14.2 Å². The van der Waals surface area contributed by atoms with Crippen LogP contribution in [-0.4, -0.2) is 30.0 Å². The first-order chi connectivity index (χ1) is 7.92. The first kappa shape index (κ1) is 11.9. The van der Waals surface area contributed by atoms with Crippen LogP contribution in [-0.2, 0) is 0 Å². The van der Waals surface area contributed by atoms with Crippen molar-refractivity contribution in [3.63, 3.8) is 0 Å². The molecule has 0 amide bonds. The second-order valence-corrected chi connectivity index (χ2v) is 4.48. The Morgan fingerprint density at radius 1 is 1.29 bits per heavy atom. The third kappa shape index (κ3) is 1.58. The molecule has 94 valence electrons. The third-order valence-corrected chi connectivity index (χ3v) is 2.94. The number of methoxy groups -OCH3 is 2. The summed E-state index contributed by atoms with van der Waals surface area (Å²) in [6.45, 7) is 3.48. The van der Waals surface area contributed by atoms with E-state index in [0.29, 0.717) is 22.8 Å². The zero-order valence-corrected chi connectivity index (χ0v) is 10.3. The van der Waals surface area contributed by atoms with E-state index in [1.807, 2.05) is 0 Å². The number of aliphatic hydroxyl groups is 1. The maximum Gasteiger partial charge on any atom is 0.204 e. The minimum atomic E-state index is -0.905. The number of hydrogen-bond acceptors (Lipinski definition) is 5. The molecular formula is C12H16O5. The van der Waals surface area contributed by atoms with E-state index in [2.05, 4.69) is 0 Å². The molecule has 1 unspecified atom stereocenters. The Balaban J connectivity index is 2.67. The molecule has 5 nitrogen and oxygen atoms in total. The molecule has 0 aliphatic carbocycles. The molecular weight excluding hydrogens is 224 g/mol. The van der Waals surface area contributed by atoms with Crippen LogP contribution in [0.1, 0.15) is 25.5 Å². The highest BCUT2D eigenvalue weighted by Crippen LogP contribution is 2.55. The minimum absolute atomic E-state index is 0.0595. The fourth-order valence-electron chi connectivity index (χ4n) is 1.99. The van der Waals surface area contributed by atoms with E-state index in [1.165, 1.54) is 20.3 Å². The van der Waals surface area contributed by atoms with Crippen molar-refractivity contribution in [1.29, 1.82) is 0 Å². The molecule has 0 saturated heterocycles. The number of aliphatic hydroxyl groups excluding tert-OH is 1. The van der Waals surface area contributed by atoms with Crippen LogP contribution >= 0.6 is 0 Å². The minimum Gasteiger partial charge on any atom is -0.507 e. The zero-order valence-electron chi connectivity index (χ0n) is 10.3. The van der Waals surface area contributed by atoms with E-state index in [1.54, 1.807) is 13.8 Å². The number of rotatable bonds is 2. The van der Waals surface area contributed by atoms with E-state index < -0.39 is 11.7 Å². The second-order valence-electron chi connectivity index (χ2n) is 4.48. The van der Waals surface area contributed by atoms with Crippen LogP contribution in [0.4, 0.5) is 0 Å². The summed E-state index contributed by atoms with van der Waals surface area (Å²) in [7, 11) is 2.95. The van der Waals surface area contributed by atoms with E-state index in [-0.39, 0.29) is 5.75 Å². The highest BCUT2D eigenvalue weighted by Gasteiger charge is 2.44. The Hall–Kier alpha value is -1.62. The monoisotopic (exact) mass is 240 g/mol. The molecule has 2 rings (SSSR count). The SMILES string of the molecule is COc1cc(O)c2c(c1OC)OC(C)(C)C2O. The summed E-state index contributed by atoms with van der Waals surface area (Å²) in [6, 6.07) is 1.41. The standard InChI is InChI=1S/C12H16O5/c1-12(2)11(14)8-6(13)5-7(15-3)9(16-4)10(8)17-12/h5,11,13-14H,1-4H3. The zero-order chi connectivity index (χ0) is 12.8. The maximum absolute atomic E-state index is 10.1. The number of fused-ring (bicyclic) bond motifs is 1. The Morgan fingerprint density at radius 3 is 2.47 bits per heavy atom. The van der Waals surface area contributed by atoms with Crippen molar-refractivity contribution < 1.29 is 24.4 Å². The van der Waals surface area contributed by atoms with E-state index in [0.717, 1.165) is 0 Å². The predicted molar refractivity (Wildman–Crippen MR) is 60.9 cm³/mol. The van der Waals surface area contributed by atoms with Gasteiger partial charge in [0.15, 0.2) is 11.5 Å². The van der Waals surface area contributed by atoms with Gasteiger partial charge in [-0.05, 0) is 13.8 Å². The fourth-order valence-corrected chi connectivity index (χ4v) is 1.99. The van der Waals surface area contributed by atoms with Crippen LogP contribution in [0.15, 0.2) is 6.07 Å². The molecule has 0 bridgehead atoms. The molecule has 0 fully saturated rings. The lowest BCUT2D eigenvalue weighted by molar-refractivity contribution is -0.000900. The van der Waals surface area contributed by atoms with Gasteiger partial charge in [-0.1, -0.05) is 0 Å². The van der Waals surface area contributed by atoms with Gasteiger partial charge in [0.25, 0.3) is 0 Å². The largest absolute Gasteiger partial charge is 0.507 e. The summed E-state index contributed by atoms with van der Waals surface area (Å²) in [4.78, 5) is 0. The van der Waals surface area contributed by atoms with E-state index >= 15 is 0 Å². The molecule has 1 aromatic carbocycles. The molecule has 1 atom stereocenters. The predicted octanol–water partition coefficient (Wildman–Crippen LogP) is 1.61. The van der Waals surface area contributed by atoms with Gasteiger partial charge in [0.1, 0.15) is 17.5 Å². The number of aromatic hydroxyl groups is 1. The third-order valence-electron chi connectivity index (χ3n) is 2.94. The lowest BCUT2D eigenvalue weighted by Gasteiger charge is -2.21. The molecule has 5 heteroatoms. The van der Waals surface area contributed by atoms with Crippen molar-refractivity contribution in [3.8, 4) is 23.0 Å². The molecule has 0 aromatic heterocycles. The van der Waals surface area contributed by atoms with Crippen LogP contribution in [0.3, 0.4) is 0 Å². The summed E-state index contributed by atoms with van der Waals surface area (Å²) in [5.41, 5.74) is -0.466. The van der Waals surface area contributed by atoms with E-state index in [9.17, 15) is 10.2 Å². The van der Waals surface area contributed by atoms with Gasteiger partial charge in [-0.25, -0.2) is 0 Å². The van der Waals surface area contributed by atoms with Crippen molar-refractivity contribution in [2.45, 2.75) is 25.6 Å². The second kappa shape index (κ2) is 3.70. The summed E-state index contributed by atoms with van der Waals surface area (Å²) in [6.07, 6.45) is -0.905. The highest BCUT2D eigenvalue weighted by atomic mass is 16.6. The summed E-state index contributed by atoms with van der Waals surface area (Å²) in [5, 5.41) is 20.0. The summed E-state index contributed by atoms with van der Waals surface area (Å²) < 4.78 is 15.9. The van der Waals surface area contributed by atoms with Crippen LogP contribution in [0.2, 0.25) is 0 Å². The van der Waals surface area contributed by atoms with Crippen LogP contribution < -0.4 is 14.2 Å². The Labute approximate surface area is 99.5 Å². The van der Waals surface area contributed by atoms with Gasteiger partial charge in [0.05, 0.1) is 19.8 Å². The van der Waals surface area contributed by atoms with Gasteiger partial charge in [0, 0.05) is 6.07 Å². The van der Waals surface area contributed by atoms with Gasteiger partial charge in [-0.3, -0.25) is 0 Å². The maximum atomic E-state index is 10.1. The molecule has 0 radical (unpaired) electrons. The van der Waals surface area contributed by atoms with Crippen molar-refractivity contribution in [1.82, 2.24) is 0 Å². The molecule has 2 N–H and O–H groups in total. The quantitative estimate of drug-likeness (QED) is 0.822. The van der Waals surface area contributed by atoms with Gasteiger partial charge in [-0.2, -0.15) is 0 Å². The number of phenols is 1. The normalized spacial score (nSPS) is 20.6. The molecule has 1 aliphatic rings. The molecule has 0 spiro atoms.